The van der Waals surface area contributed by atoms with Gasteiger partial charge in [-0.3, -0.25) is 9.69 Å². The number of hydrogen-bond donors (Lipinski definition) is 0. The summed E-state index contributed by atoms with van der Waals surface area (Å²) in [5.74, 6) is -0.325. The van der Waals surface area contributed by atoms with Crippen LogP contribution in [-0.4, -0.2) is 38.0 Å². The highest BCUT2D eigenvalue weighted by molar-refractivity contribution is 6.14. The van der Waals surface area contributed by atoms with Gasteiger partial charge in [0.1, 0.15) is 11.5 Å². The smallest absolute Gasteiger partial charge is 0.187 e. The van der Waals surface area contributed by atoms with Crippen LogP contribution in [0.2, 0.25) is 0 Å². The average Bonchev–Trinajstić information content (AvgIpc) is 2.85. The summed E-state index contributed by atoms with van der Waals surface area (Å²) in [5, 5.41) is 0. The Morgan fingerprint density at radius 3 is 1.71 bits per heavy atom. The third kappa shape index (κ3) is 5.58. The monoisotopic (exact) mass is 461 g/mol. The van der Waals surface area contributed by atoms with E-state index in [2.05, 4.69) is 0 Å². The minimum absolute atomic E-state index is 0.0341. The van der Waals surface area contributed by atoms with Crippen molar-refractivity contribution in [3.05, 3.63) is 106 Å². The maximum atomic E-state index is 13.8. The van der Waals surface area contributed by atoms with E-state index < -0.39 is 11.6 Å². The number of rotatable bonds is 6. The van der Waals surface area contributed by atoms with E-state index >= 15 is 0 Å². The number of Topliss-reactive ketones (excluding diaryl/α,β-unsaturated/α-hetero) is 1. The highest BCUT2D eigenvalue weighted by atomic mass is 19.2. The zero-order valence-electron chi connectivity index (χ0n) is 19.1. The quantitative estimate of drug-likeness (QED) is 0.452. The zero-order chi connectivity index (χ0) is 24.1. The van der Waals surface area contributed by atoms with E-state index in [-0.39, 0.29) is 5.78 Å². The van der Waals surface area contributed by atoms with Crippen LogP contribution in [0.4, 0.5) is 8.78 Å². The number of carbonyl (C=O) groups is 1. The van der Waals surface area contributed by atoms with Crippen LogP contribution >= 0.6 is 0 Å². The van der Waals surface area contributed by atoms with Crippen molar-refractivity contribution in [1.82, 2.24) is 4.90 Å². The summed E-state index contributed by atoms with van der Waals surface area (Å²) in [5.41, 5.74) is 3.64. The number of halogens is 2. The van der Waals surface area contributed by atoms with E-state index in [1.807, 2.05) is 65.6 Å². The molecule has 1 aliphatic heterocycles. The van der Waals surface area contributed by atoms with Gasteiger partial charge >= 0.3 is 0 Å². The molecule has 6 heteroatoms. The molecule has 34 heavy (non-hydrogen) atoms. The second-order valence-electron chi connectivity index (χ2n) is 8.11. The van der Waals surface area contributed by atoms with E-state index in [4.69, 9.17) is 9.47 Å². The Bertz CT molecular complexity index is 1160. The normalized spacial score (nSPS) is 16.8. The molecule has 0 bridgehead atoms. The largest absolute Gasteiger partial charge is 0.497 e. The van der Waals surface area contributed by atoms with Gasteiger partial charge in [-0.25, -0.2) is 8.78 Å². The standard InChI is InChI=1S/C28H25F2NO3/c1-33-24-8-3-19(4-9-24)13-22-17-31(16-21-7-12-26(29)27(30)15-21)18-23(28(22)32)14-20-5-10-25(34-2)11-6-20/h3-15H,16-18H2,1-2H3/b22-13-,23-14-. The summed E-state index contributed by atoms with van der Waals surface area (Å²) in [6.45, 7) is 1.16. The highest BCUT2D eigenvalue weighted by Crippen LogP contribution is 2.25. The number of piperidine rings is 1. The molecule has 0 aromatic heterocycles. The Kier molecular flexibility index (Phi) is 7.18. The summed E-state index contributed by atoms with van der Waals surface area (Å²) >= 11 is 0. The lowest BCUT2D eigenvalue weighted by Crippen LogP contribution is -2.37. The van der Waals surface area contributed by atoms with Gasteiger partial charge in [0.05, 0.1) is 14.2 Å². The lowest BCUT2D eigenvalue weighted by molar-refractivity contribution is -0.113. The number of nitrogens with zero attached hydrogens (tertiary/aromatic N) is 1. The molecule has 4 rings (SSSR count). The molecular weight excluding hydrogens is 436 g/mol. The van der Waals surface area contributed by atoms with E-state index in [0.717, 1.165) is 28.7 Å². The van der Waals surface area contributed by atoms with Crippen LogP contribution in [0.1, 0.15) is 16.7 Å². The number of hydrogen-bond acceptors (Lipinski definition) is 4. The Morgan fingerprint density at radius 2 is 1.26 bits per heavy atom. The van der Waals surface area contributed by atoms with E-state index in [0.29, 0.717) is 36.3 Å². The van der Waals surface area contributed by atoms with Crippen molar-refractivity contribution in [1.29, 1.82) is 0 Å². The van der Waals surface area contributed by atoms with E-state index in [9.17, 15) is 13.6 Å². The summed E-state index contributed by atoms with van der Waals surface area (Å²) in [7, 11) is 3.20. The molecule has 0 radical (unpaired) electrons. The Morgan fingerprint density at radius 1 is 0.765 bits per heavy atom. The number of methoxy groups -OCH3 is 2. The highest BCUT2D eigenvalue weighted by Gasteiger charge is 2.26. The average molecular weight is 462 g/mol. The third-order valence-electron chi connectivity index (χ3n) is 5.67. The second kappa shape index (κ2) is 10.4. The van der Waals surface area contributed by atoms with Gasteiger partial charge < -0.3 is 9.47 Å². The van der Waals surface area contributed by atoms with Gasteiger partial charge in [0, 0.05) is 30.8 Å². The fourth-order valence-electron chi connectivity index (χ4n) is 3.92. The number of ketones is 1. The summed E-state index contributed by atoms with van der Waals surface area (Å²) in [4.78, 5) is 15.4. The fourth-order valence-corrected chi connectivity index (χ4v) is 3.92. The number of carbonyl (C=O) groups excluding carboxylic acids is 1. The van der Waals surface area contributed by atoms with Gasteiger partial charge in [0.2, 0.25) is 0 Å². The third-order valence-corrected chi connectivity index (χ3v) is 5.67. The lowest BCUT2D eigenvalue weighted by Gasteiger charge is -2.30. The van der Waals surface area contributed by atoms with Gasteiger partial charge in [-0.15, -0.1) is 0 Å². The SMILES string of the molecule is COc1ccc(/C=C2/CN(Cc3ccc(F)c(F)c3)C/C(=C/c3ccc(OC)cc3)C2=O)cc1. The molecule has 1 heterocycles. The predicted molar refractivity (Wildman–Crippen MR) is 129 cm³/mol. The van der Waals surface area contributed by atoms with E-state index in [1.54, 1.807) is 20.3 Å². The summed E-state index contributed by atoms with van der Waals surface area (Å²) < 4.78 is 37.6. The first-order chi connectivity index (χ1) is 16.4. The first-order valence-electron chi connectivity index (χ1n) is 10.9. The zero-order valence-corrected chi connectivity index (χ0v) is 19.1. The van der Waals surface area contributed by atoms with Crippen molar-refractivity contribution in [2.45, 2.75) is 6.54 Å². The molecule has 3 aromatic carbocycles. The lowest BCUT2D eigenvalue weighted by atomic mass is 9.94. The van der Waals surface area contributed by atoms with Gasteiger partial charge in [0.15, 0.2) is 17.4 Å². The van der Waals surface area contributed by atoms with Crippen LogP contribution < -0.4 is 9.47 Å². The Hall–Kier alpha value is -3.77. The van der Waals surface area contributed by atoms with Gasteiger partial charge in [-0.1, -0.05) is 30.3 Å². The van der Waals surface area contributed by atoms with Crippen molar-refractivity contribution >= 4 is 17.9 Å². The molecule has 0 unspecified atom stereocenters. The van der Waals surface area contributed by atoms with Crippen molar-refractivity contribution in [2.75, 3.05) is 27.3 Å². The molecule has 0 amide bonds. The minimum Gasteiger partial charge on any atom is -0.497 e. The van der Waals surface area contributed by atoms with Crippen molar-refractivity contribution < 1.29 is 23.0 Å². The van der Waals surface area contributed by atoms with Crippen LogP contribution in [0.5, 0.6) is 11.5 Å². The number of benzene rings is 3. The van der Waals surface area contributed by atoms with Crippen LogP contribution in [0.3, 0.4) is 0 Å². The number of ether oxygens (including phenoxy) is 2. The Labute approximate surface area is 197 Å². The Balaban J connectivity index is 1.66. The van der Waals surface area contributed by atoms with Crippen LogP contribution in [-0.2, 0) is 11.3 Å². The molecule has 1 aliphatic rings. The van der Waals surface area contributed by atoms with Crippen LogP contribution in [0, 0.1) is 11.6 Å². The van der Waals surface area contributed by atoms with Crippen LogP contribution in [0.25, 0.3) is 12.2 Å². The molecular formula is C28H25F2NO3. The first kappa shape index (κ1) is 23.4. The molecule has 0 atom stereocenters. The number of likely N-dealkylation sites (tertiary alicyclic amines) is 1. The molecule has 0 saturated carbocycles. The fraction of sp³-hybridized carbons (Fsp3) is 0.179. The molecule has 0 N–H and O–H groups in total. The predicted octanol–water partition coefficient (Wildman–Crippen LogP) is 5.53. The maximum absolute atomic E-state index is 13.8. The first-order valence-corrected chi connectivity index (χ1v) is 10.9. The summed E-state index contributed by atoms with van der Waals surface area (Å²) in [6, 6.07) is 18.8. The molecule has 1 saturated heterocycles. The van der Waals surface area contributed by atoms with Crippen molar-refractivity contribution in [3.63, 3.8) is 0 Å². The second-order valence-corrected chi connectivity index (χ2v) is 8.11. The molecule has 4 nitrogen and oxygen atoms in total. The van der Waals surface area contributed by atoms with Crippen molar-refractivity contribution in [2.24, 2.45) is 0 Å². The van der Waals surface area contributed by atoms with Gasteiger partial charge in [0.25, 0.3) is 0 Å². The van der Waals surface area contributed by atoms with Gasteiger partial charge in [-0.05, 0) is 65.2 Å². The minimum atomic E-state index is -0.881. The van der Waals surface area contributed by atoms with E-state index in [1.165, 1.54) is 6.07 Å². The molecule has 1 fully saturated rings. The topological polar surface area (TPSA) is 38.8 Å². The molecule has 174 valence electrons. The summed E-state index contributed by atoms with van der Waals surface area (Å²) in [6.07, 6.45) is 3.72. The molecule has 0 spiro atoms. The maximum Gasteiger partial charge on any atom is 0.187 e. The molecule has 0 aliphatic carbocycles. The molecule has 3 aromatic rings. The van der Waals surface area contributed by atoms with Gasteiger partial charge in [-0.2, -0.15) is 0 Å². The van der Waals surface area contributed by atoms with Crippen molar-refractivity contribution in [3.8, 4) is 11.5 Å². The van der Waals surface area contributed by atoms with Crippen LogP contribution in [0.15, 0.2) is 77.9 Å².